The fourth-order valence-corrected chi connectivity index (χ4v) is 5.08. The lowest BCUT2D eigenvalue weighted by Gasteiger charge is -2.33. The van der Waals surface area contributed by atoms with Crippen molar-refractivity contribution in [2.45, 2.75) is 38.3 Å². The zero-order valence-corrected chi connectivity index (χ0v) is 19.7. The van der Waals surface area contributed by atoms with Crippen molar-refractivity contribution >= 4 is 29.3 Å². The normalized spacial score (nSPS) is 23.1. The highest BCUT2D eigenvalue weighted by atomic mass is 16.2. The van der Waals surface area contributed by atoms with Crippen LogP contribution in [0.3, 0.4) is 0 Å². The third-order valence-corrected chi connectivity index (χ3v) is 6.99. The van der Waals surface area contributed by atoms with Gasteiger partial charge in [-0.15, -0.1) is 0 Å². The standard InChI is InChI=1S/C24H34N6O4/c1-16(6-8-27-23(33)17-2-4-18(25)5-3-17)14-21(32)29-11-7-19-22(29)20(31)15-30(19)24(34)28-12-9-26-10-13-28/h2-5,16,19,22,26H,6-15,25H2,1H3,(H,27,33). The van der Waals surface area contributed by atoms with Gasteiger partial charge in [0.1, 0.15) is 6.04 Å². The molecule has 4 N–H and O–H groups in total. The summed E-state index contributed by atoms with van der Waals surface area (Å²) in [4.78, 5) is 56.1. The summed E-state index contributed by atoms with van der Waals surface area (Å²) < 4.78 is 0. The lowest BCUT2D eigenvalue weighted by atomic mass is 10.0. The maximum Gasteiger partial charge on any atom is 0.320 e. The Morgan fingerprint density at radius 1 is 1.12 bits per heavy atom. The zero-order chi connectivity index (χ0) is 24.2. The smallest absolute Gasteiger partial charge is 0.320 e. The molecule has 0 bridgehead atoms. The van der Waals surface area contributed by atoms with Crippen LogP contribution < -0.4 is 16.4 Å². The molecule has 3 aliphatic heterocycles. The van der Waals surface area contributed by atoms with E-state index in [0.717, 1.165) is 13.1 Å². The molecule has 3 heterocycles. The van der Waals surface area contributed by atoms with Crippen molar-refractivity contribution in [1.29, 1.82) is 0 Å². The second-order valence-electron chi connectivity index (χ2n) is 9.48. The number of carbonyl (C=O) groups excluding carboxylic acids is 4. The van der Waals surface area contributed by atoms with Crippen molar-refractivity contribution in [3.05, 3.63) is 29.8 Å². The van der Waals surface area contributed by atoms with Crippen molar-refractivity contribution in [2.75, 3.05) is 51.5 Å². The van der Waals surface area contributed by atoms with E-state index < -0.39 is 6.04 Å². The van der Waals surface area contributed by atoms with Crippen LogP contribution in [0.1, 0.15) is 36.5 Å². The molecule has 3 aliphatic rings. The number of carbonyl (C=O) groups is 4. The van der Waals surface area contributed by atoms with E-state index in [-0.39, 0.29) is 42.1 Å². The highest BCUT2D eigenvalue weighted by Crippen LogP contribution is 2.31. The molecule has 1 aromatic carbocycles. The molecule has 3 unspecified atom stereocenters. The molecule has 4 amide bonds. The topological polar surface area (TPSA) is 128 Å². The molecule has 1 aromatic rings. The van der Waals surface area contributed by atoms with Gasteiger partial charge in [0.25, 0.3) is 5.91 Å². The van der Waals surface area contributed by atoms with Gasteiger partial charge in [0.05, 0.1) is 12.6 Å². The summed E-state index contributed by atoms with van der Waals surface area (Å²) in [7, 11) is 0. The number of hydrogen-bond acceptors (Lipinski definition) is 6. The van der Waals surface area contributed by atoms with Crippen molar-refractivity contribution in [1.82, 2.24) is 25.3 Å². The largest absolute Gasteiger partial charge is 0.399 e. The summed E-state index contributed by atoms with van der Waals surface area (Å²) in [5, 5.41) is 6.10. The number of urea groups is 1. The van der Waals surface area contributed by atoms with E-state index in [2.05, 4.69) is 10.6 Å². The van der Waals surface area contributed by atoms with Gasteiger partial charge >= 0.3 is 6.03 Å². The molecular formula is C24H34N6O4. The molecule has 10 nitrogen and oxygen atoms in total. The van der Waals surface area contributed by atoms with E-state index in [9.17, 15) is 19.2 Å². The fourth-order valence-electron chi connectivity index (χ4n) is 5.08. The number of amides is 4. The first-order valence-electron chi connectivity index (χ1n) is 12.1. The van der Waals surface area contributed by atoms with Crippen LogP contribution in [0.5, 0.6) is 0 Å². The number of likely N-dealkylation sites (tertiary alicyclic amines) is 2. The molecule has 4 rings (SSSR count). The number of anilines is 1. The number of benzene rings is 1. The maximum atomic E-state index is 13.0. The second-order valence-corrected chi connectivity index (χ2v) is 9.48. The van der Waals surface area contributed by atoms with Gasteiger partial charge in [-0.25, -0.2) is 4.79 Å². The van der Waals surface area contributed by atoms with Crippen LogP contribution in [-0.2, 0) is 9.59 Å². The molecule has 3 saturated heterocycles. The Labute approximate surface area is 199 Å². The van der Waals surface area contributed by atoms with Gasteiger partial charge in [-0.1, -0.05) is 6.92 Å². The quantitative estimate of drug-likeness (QED) is 0.513. The third-order valence-electron chi connectivity index (χ3n) is 6.99. The number of fused-ring (bicyclic) bond motifs is 1. The van der Waals surface area contributed by atoms with Crippen LogP contribution in [0, 0.1) is 5.92 Å². The van der Waals surface area contributed by atoms with Crippen LogP contribution >= 0.6 is 0 Å². The third kappa shape index (κ3) is 5.16. The molecule has 0 spiro atoms. The highest BCUT2D eigenvalue weighted by Gasteiger charge is 2.52. The van der Waals surface area contributed by atoms with Gasteiger partial charge in [0, 0.05) is 56.9 Å². The molecule has 34 heavy (non-hydrogen) atoms. The molecule has 0 aromatic heterocycles. The van der Waals surface area contributed by atoms with Crippen LogP contribution in [0.25, 0.3) is 0 Å². The van der Waals surface area contributed by atoms with E-state index in [0.29, 0.717) is 56.7 Å². The Kier molecular flexibility index (Phi) is 7.35. The van der Waals surface area contributed by atoms with E-state index in [1.54, 1.807) is 39.0 Å². The van der Waals surface area contributed by atoms with E-state index in [1.807, 2.05) is 6.92 Å². The monoisotopic (exact) mass is 470 g/mol. The first-order chi connectivity index (χ1) is 16.3. The number of hydrogen-bond donors (Lipinski definition) is 3. The molecule has 0 radical (unpaired) electrons. The Morgan fingerprint density at radius 2 is 1.82 bits per heavy atom. The Hall–Kier alpha value is -3.14. The number of piperazine rings is 1. The predicted octanol–water partition coefficient (Wildman–Crippen LogP) is 0.294. The highest BCUT2D eigenvalue weighted by molar-refractivity contribution is 5.97. The van der Waals surface area contributed by atoms with Gasteiger partial charge in [0.2, 0.25) is 5.91 Å². The van der Waals surface area contributed by atoms with Gasteiger partial charge in [-0.05, 0) is 43.0 Å². The van der Waals surface area contributed by atoms with Crippen molar-refractivity contribution in [3.8, 4) is 0 Å². The van der Waals surface area contributed by atoms with E-state index in [1.165, 1.54) is 0 Å². The minimum Gasteiger partial charge on any atom is -0.399 e. The number of nitrogen functional groups attached to an aromatic ring is 1. The number of Topliss-reactive ketones (excluding diaryl/α,β-unsaturated/α-hetero) is 1. The molecule has 10 heteroatoms. The first kappa shape index (κ1) is 24.0. The summed E-state index contributed by atoms with van der Waals surface area (Å²) in [6.07, 6.45) is 1.59. The number of nitrogens with zero attached hydrogens (tertiary/aromatic N) is 3. The first-order valence-corrected chi connectivity index (χ1v) is 12.1. The Morgan fingerprint density at radius 3 is 2.53 bits per heavy atom. The number of nitrogens with one attached hydrogen (secondary N) is 2. The van der Waals surface area contributed by atoms with Crippen LogP contribution in [-0.4, -0.2) is 96.2 Å². The summed E-state index contributed by atoms with van der Waals surface area (Å²) in [6.45, 7) is 5.77. The zero-order valence-electron chi connectivity index (χ0n) is 19.7. The molecule has 3 fully saturated rings. The Balaban J connectivity index is 1.25. The minimum atomic E-state index is -0.531. The molecule has 0 saturated carbocycles. The van der Waals surface area contributed by atoms with Gasteiger partial charge in [-0.2, -0.15) is 0 Å². The minimum absolute atomic E-state index is 0.0494. The van der Waals surface area contributed by atoms with Gasteiger partial charge < -0.3 is 31.1 Å². The Bertz CT molecular complexity index is 930. The van der Waals surface area contributed by atoms with E-state index >= 15 is 0 Å². The van der Waals surface area contributed by atoms with Gasteiger partial charge in [0.15, 0.2) is 5.78 Å². The van der Waals surface area contributed by atoms with Crippen LogP contribution in [0.2, 0.25) is 0 Å². The van der Waals surface area contributed by atoms with Crippen LogP contribution in [0.4, 0.5) is 10.5 Å². The van der Waals surface area contributed by atoms with Gasteiger partial charge in [-0.3, -0.25) is 14.4 Å². The lowest BCUT2D eigenvalue weighted by molar-refractivity contribution is -0.137. The lowest BCUT2D eigenvalue weighted by Crippen LogP contribution is -2.53. The second kappa shape index (κ2) is 10.4. The summed E-state index contributed by atoms with van der Waals surface area (Å²) in [6, 6.07) is 5.86. The summed E-state index contributed by atoms with van der Waals surface area (Å²) in [5.74, 6) is -0.238. The number of ketones is 1. The fraction of sp³-hybridized carbons (Fsp3) is 0.583. The summed E-state index contributed by atoms with van der Waals surface area (Å²) >= 11 is 0. The van der Waals surface area contributed by atoms with Crippen molar-refractivity contribution in [2.24, 2.45) is 5.92 Å². The van der Waals surface area contributed by atoms with Crippen molar-refractivity contribution in [3.63, 3.8) is 0 Å². The molecule has 0 aliphatic carbocycles. The SMILES string of the molecule is CC(CCNC(=O)c1ccc(N)cc1)CC(=O)N1CCC2C1C(=O)CN2C(=O)N1CCNCC1. The number of nitrogens with two attached hydrogens (primary N) is 1. The number of rotatable bonds is 6. The molecular weight excluding hydrogens is 436 g/mol. The average Bonchev–Trinajstić information content (AvgIpc) is 3.41. The molecule has 3 atom stereocenters. The van der Waals surface area contributed by atoms with E-state index in [4.69, 9.17) is 5.73 Å². The molecule has 184 valence electrons. The summed E-state index contributed by atoms with van der Waals surface area (Å²) in [5.41, 5.74) is 6.79. The predicted molar refractivity (Wildman–Crippen MR) is 127 cm³/mol. The average molecular weight is 471 g/mol. The van der Waals surface area contributed by atoms with Crippen LogP contribution in [0.15, 0.2) is 24.3 Å². The maximum absolute atomic E-state index is 13.0. The van der Waals surface area contributed by atoms with Crippen molar-refractivity contribution < 1.29 is 19.2 Å².